The van der Waals surface area contributed by atoms with Crippen LogP contribution >= 0.6 is 35.0 Å². The van der Waals surface area contributed by atoms with E-state index in [4.69, 9.17) is 33.7 Å². The number of methoxy groups -OCH3 is 1. The maximum absolute atomic E-state index is 11.2. The Bertz CT molecular complexity index is 776. The number of benzene rings is 1. The van der Waals surface area contributed by atoms with Crippen LogP contribution in [0.15, 0.2) is 17.3 Å². The van der Waals surface area contributed by atoms with Crippen LogP contribution in [0.25, 0.3) is 11.4 Å². The Morgan fingerprint density at radius 3 is 2.72 bits per heavy atom. The van der Waals surface area contributed by atoms with Crippen LogP contribution in [0.1, 0.15) is 12.8 Å². The molecule has 0 atom stereocenters. The zero-order valence-electron chi connectivity index (χ0n) is 13.7. The van der Waals surface area contributed by atoms with Crippen LogP contribution in [0.5, 0.6) is 5.75 Å². The molecule has 0 fully saturated rings. The molecule has 2 aromatic rings. The van der Waals surface area contributed by atoms with E-state index in [-0.39, 0.29) is 11.9 Å². The summed E-state index contributed by atoms with van der Waals surface area (Å²) in [6, 6.07) is 3.22. The summed E-state index contributed by atoms with van der Waals surface area (Å²) in [7, 11) is 3.12. The molecule has 0 saturated heterocycles. The summed E-state index contributed by atoms with van der Waals surface area (Å²) in [6.45, 7) is 0. The zero-order chi connectivity index (χ0) is 18.4. The van der Waals surface area contributed by atoms with Crippen molar-refractivity contribution in [3.8, 4) is 17.1 Å². The first-order chi connectivity index (χ1) is 11.9. The molecule has 1 aromatic heterocycles. The van der Waals surface area contributed by atoms with Gasteiger partial charge in [-0.3, -0.25) is 4.79 Å². The molecule has 134 valence electrons. The Morgan fingerprint density at radius 1 is 1.28 bits per heavy atom. The highest BCUT2D eigenvalue weighted by molar-refractivity contribution is 7.99. The minimum Gasteiger partial charge on any atom is -0.495 e. The number of carbonyl (C=O) groups is 1. The predicted octanol–water partition coefficient (Wildman–Crippen LogP) is 3.05. The molecule has 0 spiro atoms. The first-order valence-electron chi connectivity index (χ1n) is 7.33. The number of hydrogen-bond donors (Lipinski definition) is 2. The van der Waals surface area contributed by atoms with Crippen molar-refractivity contribution in [3.63, 3.8) is 0 Å². The Hall–Kier alpha value is -1.77. The molecule has 2 rings (SSSR count). The van der Waals surface area contributed by atoms with Crippen molar-refractivity contribution >= 4 is 46.8 Å². The average molecular weight is 402 g/mol. The average Bonchev–Trinajstić information content (AvgIpc) is 2.58. The minimum absolute atomic E-state index is 0.00325. The van der Waals surface area contributed by atoms with E-state index in [2.05, 4.69) is 20.3 Å². The summed E-state index contributed by atoms with van der Waals surface area (Å²) in [5.41, 5.74) is 6.33. The van der Waals surface area contributed by atoms with Crippen molar-refractivity contribution in [2.75, 3.05) is 25.6 Å². The van der Waals surface area contributed by atoms with Crippen molar-refractivity contribution in [2.24, 2.45) is 0 Å². The quantitative estimate of drug-likeness (QED) is 0.542. The van der Waals surface area contributed by atoms with Gasteiger partial charge in [-0.05, 0) is 18.6 Å². The number of nitrogens with zero attached hydrogens (tertiary/aromatic N) is 3. The SMILES string of the molecule is CNC(=O)CCCSc1nc(N)nc(-c2cc(OC)c(Cl)cc2Cl)n1. The number of nitrogen functional groups attached to an aromatic ring is 1. The highest BCUT2D eigenvalue weighted by atomic mass is 35.5. The molecule has 0 unspecified atom stereocenters. The third kappa shape index (κ3) is 5.35. The Morgan fingerprint density at radius 2 is 2.04 bits per heavy atom. The largest absolute Gasteiger partial charge is 0.495 e. The molecular formula is C15H17Cl2N5O2S. The lowest BCUT2D eigenvalue weighted by Crippen LogP contribution is -2.17. The summed E-state index contributed by atoms with van der Waals surface area (Å²) >= 11 is 13.7. The topological polar surface area (TPSA) is 103 Å². The molecule has 0 radical (unpaired) electrons. The van der Waals surface area contributed by atoms with Gasteiger partial charge in [0, 0.05) is 24.8 Å². The molecule has 3 N–H and O–H groups in total. The third-order valence-electron chi connectivity index (χ3n) is 3.17. The summed E-state index contributed by atoms with van der Waals surface area (Å²) in [4.78, 5) is 23.8. The molecule has 0 saturated carbocycles. The summed E-state index contributed by atoms with van der Waals surface area (Å²) < 4.78 is 5.20. The molecule has 0 bridgehead atoms. The normalized spacial score (nSPS) is 10.6. The molecule has 0 aliphatic heterocycles. The maximum atomic E-state index is 11.2. The summed E-state index contributed by atoms with van der Waals surface area (Å²) in [5.74, 6) is 1.55. The molecule has 1 amide bonds. The third-order valence-corrected chi connectivity index (χ3v) is 4.71. The predicted molar refractivity (Wildman–Crippen MR) is 100 cm³/mol. The van der Waals surface area contributed by atoms with Gasteiger partial charge in [-0.1, -0.05) is 35.0 Å². The molecule has 1 aromatic carbocycles. The van der Waals surface area contributed by atoms with Crippen molar-refractivity contribution in [1.82, 2.24) is 20.3 Å². The van der Waals surface area contributed by atoms with E-state index in [0.717, 1.165) is 0 Å². The van der Waals surface area contributed by atoms with E-state index in [1.807, 2.05) is 0 Å². The monoisotopic (exact) mass is 401 g/mol. The number of anilines is 1. The van der Waals surface area contributed by atoms with Crippen LogP contribution in [-0.4, -0.2) is 40.8 Å². The van der Waals surface area contributed by atoms with Gasteiger partial charge in [-0.25, -0.2) is 4.98 Å². The van der Waals surface area contributed by atoms with E-state index in [9.17, 15) is 4.79 Å². The van der Waals surface area contributed by atoms with Crippen LogP contribution in [0.4, 0.5) is 5.95 Å². The number of carbonyl (C=O) groups excluding carboxylic acids is 1. The standard InChI is InChI=1S/C15H17Cl2N5O2S/c1-19-12(23)4-3-5-25-15-21-13(20-14(18)22-15)8-6-11(24-2)10(17)7-9(8)16/h6-7H,3-5H2,1-2H3,(H,19,23)(H2,18,20,21,22). The van der Waals surface area contributed by atoms with Crippen molar-refractivity contribution in [2.45, 2.75) is 18.0 Å². The van der Waals surface area contributed by atoms with Crippen molar-refractivity contribution in [3.05, 3.63) is 22.2 Å². The van der Waals surface area contributed by atoms with E-state index < -0.39 is 0 Å². The van der Waals surface area contributed by atoms with Gasteiger partial charge >= 0.3 is 0 Å². The van der Waals surface area contributed by atoms with Crippen LogP contribution in [0.3, 0.4) is 0 Å². The van der Waals surface area contributed by atoms with Crippen molar-refractivity contribution < 1.29 is 9.53 Å². The number of ether oxygens (including phenoxy) is 1. The highest BCUT2D eigenvalue weighted by Gasteiger charge is 2.14. The molecule has 25 heavy (non-hydrogen) atoms. The van der Waals surface area contributed by atoms with Gasteiger partial charge in [-0.2, -0.15) is 9.97 Å². The summed E-state index contributed by atoms with van der Waals surface area (Å²) in [5, 5.41) is 3.81. The maximum Gasteiger partial charge on any atom is 0.224 e. The van der Waals surface area contributed by atoms with E-state index >= 15 is 0 Å². The lowest BCUT2D eigenvalue weighted by Gasteiger charge is -2.09. The Balaban J connectivity index is 2.20. The lowest BCUT2D eigenvalue weighted by atomic mass is 10.2. The van der Waals surface area contributed by atoms with Gasteiger partial charge in [0.15, 0.2) is 11.0 Å². The number of amides is 1. The van der Waals surface area contributed by atoms with Gasteiger partial charge in [0.1, 0.15) is 5.75 Å². The number of aromatic nitrogens is 3. The fraction of sp³-hybridized carbons (Fsp3) is 0.333. The number of nitrogens with two attached hydrogens (primary N) is 1. The first-order valence-corrected chi connectivity index (χ1v) is 9.07. The molecule has 0 aliphatic rings. The van der Waals surface area contributed by atoms with Gasteiger partial charge < -0.3 is 15.8 Å². The number of rotatable bonds is 7. The second-order valence-electron chi connectivity index (χ2n) is 4.89. The molecule has 7 nitrogen and oxygen atoms in total. The molecular weight excluding hydrogens is 385 g/mol. The Labute approximate surface area is 159 Å². The lowest BCUT2D eigenvalue weighted by molar-refractivity contribution is -0.120. The van der Waals surface area contributed by atoms with Gasteiger partial charge in [0.25, 0.3) is 0 Å². The van der Waals surface area contributed by atoms with Crippen LogP contribution in [0.2, 0.25) is 10.0 Å². The molecule has 0 aliphatic carbocycles. The van der Waals surface area contributed by atoms with Crippen LogP contribution in [-0.2, 0) is 4.79 Å². The van der Waals surface area contributed by atoms with Gasteiger partial charge in [0.2, 0.25) is 11.9 Å². The van der Waals surface area contributed by atoms with E-state index in [1.165, 1.54) is 18.9 Å². The molecule has 1 heterocycles. The smallest absolute Gasteiger partial charge is 0.224 e. The van der Waals surface area contributed by atoms with Gasteiger partial charge in [-0.15, -0.1) is 0 Å². The number of thioether (sulfide) groups is 1. The van der Waals surface area contributed by atoms with E-state index in [0.29, 0.717) is 50.9 Å². The number of halogens is 2. The second-order valence-corrected chi connectivity index (χ2v) is 6.77. The second kappa shape index (κ2) is 9.07. The number of nitrogens with one attached hydrogen (secondary N) is 1. The van der Waals surface area contributed by atoms with Crippen LogP contribution in [0, 0.1) is 0 Å². The van der Waals surface area contributed by atoms with Crippen LogP contribution < -0.4 is 15.8 Å². The zero-order valence-corrected chi connectivity index (χ0v) is 16.0. The minimum atomic E-state index is -0.00325. The highest BCUT2D eigenvalue weighted by Crippen LogP contribution is 2.35. The fourth-order valence-corrected chi connectivity index (χ4v) is 3.26. The fourth-order valence-electron chi connectivity index (χ4n) is 1.94. The number of hydrogen-bond acceptors (Lipinski definition) is 7. The van der Waals surface area contributed by atoms with Gasteiger partial charge in [0.05, 0.1) is 17.2 Å². The molecule has 10 heteroatoms. The van der Waals surface area contributed by atoms with E-state index in [1.54, 1.807) is 19.2 Å². The van der Waals surface area contributed by atoms with Crippen molar-refractivity contribution in [1.29, 1.82) is 0 Å². The Kier molecular flexibility index (Phi) is 7.10. The first kappa shape index (κ1) is 19.6. The summed E-state index contributed by atoms with van der Waals surface area (Å²) in [6.07, 6.45) is 1.14.